The minimum Gasteiger partial charge on any atom is -0.488 e. The van der Waals surface area contributed by atoms with Gasteiger partial charge in [-0.15, -0.1) is 0 Å². The van der Waals surface area contributed by atoms with Gasteiger partial charge in [0, 0.05) is 36.6 Å². The van der Waals surface area contributed by atoms with E-state index in [-0.39, 0.29) is 12.2 Å². The minimum atomic E-state index is -0.0490. The molecule has 2 aromatic heterocycles. The average molecular weight is 473 g/mol. The Labute approximate surface area is 190 Å². The van der Waals surface area contributed by atoms with E-state index < -0.39 is 0 Å². The Morgan fingerprint density at radius 1 is 1.00 bits per heavy atom. The van der Waals surface area contributed by atoms with Crippen LogP contribution in [0.15, 0.2) is 89.8 Å². The first-order valence-corrected chi connectivity index (χ1v) is 10.8. The molecule has 5 heteroatoms. The van der Waals surface area contributed by atoms with Gasteiger partial charge in [-0.1, -0.05) is 54.6 Å². The summed E-state index contributed by atoms with van der Waals surface area (Å²) >= 11 is 3.45. The van der Waals surface area contributed by atoms with Crippen LogP contribution in [0.2, 0.25) is 0 Å². The van der Waals surface area contributed by atoms with E-state index in [2.05, 4.69) is 51.0 Å². The number of carbonyl (C=O) groups is 1. The number of halogens is 1. The molecule has 0 saturated carbocycles. The molecule has 4 nitrogen and oxygen atoms in total. The van der Waals surface area contributed by atoms with Crippen LogP contribution in [0.5, 0.6) is 5.75 Å². The van der Waals surface area contributed by atoms with Crippen LogP contribution in [0.3, 0.4) is 0 Å². The van der Waals surface area contributed by atoms with Crippen molar-refractivity contribution in [2.24, 2.45) is 0 Å². The van der Waals surface area contributed by atoms with E-state index in [0.29, 0.717) is 22.5 Å². The molecule has 0 aliphatic carbocycles. The van der Waals surface area contributed by atoms with Crippen molar-refractivity contribution in [3.05, 3.63) is 112 Å². The molecule has 0 aliphatic rings. The molecule has 0 amide bonds. The van der Waals surface area contributed by atoms with Gasteiger partial charge in [-0.25, -0.2) is 0 Å². The standard InChI is InChI=1S/C26H21BrN2O2/c1-18-21(10-5-11-22(18)20-8-3-2-4-9-20)13-25(30)24-14-26(23(27)16-29-24)31-17-19-7-6-12-28-15-19/h2-12,14-16H,13,17H2,1H3. The van der Waals surface area contributed by atoms with E-state index in [4.69, 9.17) is 4.74 Å². The van der Waals surface area contributed by atoms with E-state index in [1.807, 2.05) is 42.5 Å². The maximum absolute atomic E-state index is 13.0. The number of pyridine rings is 2. The SMILES string of the molecule is Cc1c(CC(=O)c2cc(OCc3cccnc3)c(Br)cn2)cccc1-c1ccccc1. The topological polar surface area (TPSA) is 52.1 Å². The van der Waals surface area contributed by atoms with Gasteiger partial charge >= 0.3 is 0 Å². The third kappa shape index (κ3) is 5.06. The van der Waals surface area contributed by atoms with Gasteiger partial charge in [-0.05, 0) is 51.2 Å². The maximum Gasteiger partial charge on any atom is 0.185 e. The Balaban J connectivity index is 1.53. The zero-order valence-corrected chi connectivity index (χ0v) is 18.7. The molecule has 0 fully saturated rings. The second-order valence-corrected chi connectivity index (χ2v) is 8.06. The molecule has 4 rings (SSSR count). The van der Waals surface area contributed by atoms with Crippen LogP contribution >= 0.6 is 15.9 Å². The summed E-state index contributed by atoms with van der Waals surface area (Å²) in [5, 5.41) is 0. The second kappa shape index (κ2) is 9.67. The van der Waals surface area contributed by atoms with Crippen LogP contribution in [0.25, 0.3) is 11.1 Å². The van der Waals surface area contributed by atoms with Crippen LogP contribution in [0.1, 0.15) is 27.2 Å². The highest BCUT2D eigenvalue weighted by molar-refractivity contribution is 9.10. The number of carbonyl (C=O) groups excluding carboxylic acids is 1. The Morgan fingerprint density at radius 3 is 2.61 bits per heavy atom. The molecule has 2 heterocycles. The molecule has 2 aromatic carbocycles. The minimum absolute atomic E-state index is 0.0490. The molecule has 0 radical (unpaired) electrons. The summed E-state index contributed by atoms with van der Waals surface area (Å²) in [7, 11) is 0. The molecule has 0 N–H and O–H groups in total. The third-order valence-electron chi connectivity index (χ3n) is 5.10. The van der Waals surface area contributed by atoms with Crippen molar-refractivity contribution in [1.29, 1.82) is 0 Å². The molecule has 4 aromatic rings. The molecule has 0 unspecified atom stereocenters. The number of Topliss-reactive ketones (excluding diaryl/α,β-unsaturated/α-hetero) is 1. The van der Waals surface area contributed by atoms with E-state index in [1.165, 1.54) is 0 Å². The summed E-state index contributed by atoms with van der Waals surface area (Å²) in [6.45, 7) is 2.42. The average Bonchev–Trinajstić information content (AvgIpc) is 2.81. The zero-order chi connectivity index (χ0) is 21.6. The van der Waals surface area contributed by atoms with Crippen molar-refractivity contribution < 1.29 is 9.53 Å². The van der Waals surface area contributed by atoms with E-state index in [9.17, 15) is 4.79 Å². The first-order chi connectivity index (χ1) is 15.1. The van der Waals surface area contributed by atoms with Crippen LogP contribution in [-0.4, -0.2) is 15.8 Å². The summed E-state index contributed by atoms with van der Waals surface area (Å²) in [5.41, 5.74) is 5.71. The maximum atomic E-state index is 13.0. The first-order valence-electron chi connectivity index (χ1n) is 9.96. The highest BCUT2D eigenvalue weighted by Crippen LogP contribution is 2.28. The molecule has 154 valence electrons. The molecular weight excluding hydrogens is 452 g/mol. The quantitative estimate of drug-likeness (QED) is 0.299. The highest BCUT2D eigenvalue weighted by atomic mass is 79.9. The monoisotopic (exact) mass is 472 g/mol. The molecule has 0 atom stereocenters. The smallest absolute Gasteiger partial charge is 0.185 e. The summed E-state index contributed by atoms with van der Waals surface area (Å²) in [6.07, 6.45) is 5.36. The Hall–Kier alpha value is -3.31. The second-order valence-electron chi connectivity index (χ2n) is 7.21. The fraction of sp³-hybridized carbons (Fsp3) is 0.115. The summed E-state index contributed by atoms with van der Waals surface area (Å²) < 4.78 is 6.59. The lowest BCUT2D eigenvalue weighted by Gasteiger charge is -2.12. The molecule has 31 heavy (non-hydrogen) atoms. The largest absolute Gasteiger partial charge is 0.488 e. The van der Waals surface area contributed by atoms with Gasteiger partial charge < -0.3 is 4.74 Å². The number of rotatable bonds is 7. The number of benzene rings is 2. The predicted octanol–water partition coefficient (Wildman–Crippen LogP) is 6.22. The lowest BCUT2D eigenvalue weighted by atomic mass is 9.93. The lowest BCUT2D eigenvalue weighted by molar-refractivity contribution is 0.0987. The summed E-state index contributed by atoms with van der Waals surface area (Å²) in [4.78, 5) is 21.4. The number of nitrogens with zero attached hydrogens (tertiary/aromatic N) is 2. The molecule has 0 bridgehead atoms. The Kier molecular flexibility index (Phi) is 6.53. The Morgan fingerprint density at radius 2 is 1.84 bits per heavy atom. The normalized spacial score (nSPS) is 10.6. The van der Waals surface area contributed by atoms with E-state index in [1.54, 1.807) is 24.7 Å². The highest BCUT2D eigenvalue weighted by Gasteiger charge is 2.15. The third-order valence-corrected chi connectivity index (χ3v) is 5.70. The van der Waals surface area contributed by atoms with Crippen molar-refractivity contribution in [3.63, 3.8) is 0 Å². The Bertz CT molecular complexity index is 1190. The van der Waals surface area contributed by atoms with E-state index in [0.717, 1.165) is 27.8 Å². The number of hydrogen-bond donors (Lipinski definition) is 0. The fourth-order valence-electron chi connectivity index (χ4n) is 3.40. The van der Waals surface area contributed by atoms with Gasteiger partial charge in [-0.3, -0.25) is 14.8 Å². The number of aromatic nitrogens is 2. The van der Waals surface area contributed by atoms with Gasteiger partial charge in [0.2, 0.25) is 0 Å². The van der Waals surface area contributed by atoms with Gasteiger partial charge in [-0.2, -0.15) is 0 Å². The van der Waals surface area contributed by atoms with Crippen LogP contribution in [0.4, 0.5) is 0 Å². The van der Waals surface area contributed by atoms with Gasteiger partial charge in [0.05, 0.1) is 4.47 Å². The molecule has 0 spiro atoms. The van der Waals surface area contributed by atoms with Crippen LogP contribution < -0.4 is 4.74 Å². The molecular formula is C26H21BrN2O2. The van der Waals surface area contributed by atoms with Crippen LogP contribution in [-0.2, 0) is 13.0 Å². The predicted molar refractivity (Wildman–Crippen MR) is 125 cm³/mol. The van der Waals surface area contributed by atoms with E-state index >= 15 is 0 Å². The van der Waals surface area contributed by atoms with Gasteiger partial charge in [0.25, 0.3) is 0 Å². The molecule has 0 aliphatic heterocycles. The summed E-state index contributed by atoms with van der Waals surface area (Å²) in [5.74, 6) is 0.531. The zero-order valence-electron chi connectivity index (χ0n) is 17.1. The number of ether oxygens (including phenoxy) is 1. The summed E-state index contributed by atoms with van der Waals surface area (Å²) in [6, 6.07) is 21.8. The van der Waals surface area contributed by atoms with Crippen LogP contribution in [0, 0.1) is 6.92 Å². The number of ketones is 1. The van der Waals surface area contributed by atoms with Gasteiger partial charge in [0.1, 0.15) is 18.1 Å². The van der Waals surface area contributed by atoms with Gasteiger partial charge in [0.15, 0.2) is 5.78 Å². The number of hydrogen-bond acceptors (Lipinski definition) is 4. The lowest BCUT2D eigenvalue weighted by Crippen LogP contribution is -2.08. The van der Waals surface area contributed by atoms with Crippen molar-refractivity contribution in [2.45, 2.75) is 20.0 Å². The first kappa shape index (κ1) is 20.9. The van der Waals surface area contributed by atoms with Crippen molar-refractivity contribution in [1.82, 2.24) is 9.97 Å². The molecule has 0 saturated heterocycles. The van der Waals surface area contributed by atoms with Crippen molar-refractivity contribution >= 4 is 21.7 Å². The van der Waals surface area contributed by atoms with Crippen molar-refractivity contribution in [2.75, 3.05) is 0 Å². The fourth-order valence-corrected chi connectivity index (χ4v) is 3.73. The van der Waals surface area contributed by atoms with Crippen molar-refractivity contribution in [3.8, 4) is 16.9 Å².